The Morgan fingerprint density at radius 1 is 0.765 bits per heavy atom. The summed E-state index contributed by atoms with van der Waals surface area (Å²) in [6, 6.07) is 0. The molecule has 0 bridgehead atoms. The van der Waals surface area contributed by atoms with E-state index in [4.69, 9.17) is 56.3 Å². The zero-order valence-corrected chi connectivity index (χ0v) is 48.5. The van der Waals surface area contributed by atoms with Crippen molar-refractivity contribution in [3.63, 3.8) is 0 Å². The molecule has 26 heteroatoms. The molecule has 4 aliphatic carbocycles. The highest BCUT2D eigenvalue weighted by atomic mass is 32.3. The fourth-order valence-corrected chi connectivity index (χ4v) is 16.8. The predicted molar refractivity (Wildman–Crippen MR) is 276 cm³/mol. The van der Waals surface area contributed by atoms with Crippen LogP contribution in [-0.2, 0) is 76.3 Å². The van der Waals surface area contributed by atoms with E-state index in [2.05, 4.69) is 39.8 Å². The molecule has 3 saturated carbocycles. The SMILES string of the molecule is CO[C@H]1C(O)[C@H](O[C@H]2C(O)[C@H](O[C@@H]3C(C)O[C@@H](OC4[C@H](O[C@H]5CC[C@]6(C)C7CCC89C(=O)O[C@@](C)(CCC=C(C)C)[C@H]8[C@@H](OC(C)=O)C[C@@]9(C)C7=CCC6C5(C)C)OC[C@@H](OS(=O)(=O)O)[C@H]4O)C(O)[C@@H]3O)OC[C@H]2O)OC(CO)[C@H]1O. The van der Waals surface area contributed by atoms with Crippen LogP contribution in [0.15, 0.2) is 23.3 Å². The van der Waals surface area contributed by atoms with E-state index in [1.165, 1.54) is 26.5 Å². The molecule has 0 aromatic rings. The lowest BCUT2D eigenvalue weighted by atomic mass is 9.41. The molecule has 5 saturated heterocycles. The van der Waals surface area contributed by atoms with E-state index < -0.39 is 181 Å². The van der Waals surface area contributed by atoms with Crippen LogP contribution >= 0.6 is 0 Å². The maximum atomic E-state index is 14.7. The van der Waals surface area contributed by atoms with Gasteiger partial charge in [-0.1, -0.05) is 51.0 Å². The number of fused-ring (bicyclic) bond motifs is 4. The highest BCUT2D eigenvalue weighted by Gasteiger charge is 2.79. The van der Waals surface area contributed by atoms with Crippen LogP contribution in [0, 0.1) is 39.4 Å². The number of methoxy groups -OCH3 is 1. The number of hydrogen-bond acceptors (Lipinski definition) is 24. The molecule has 27 atom stereocenters. The highest BCUT2D eigenvalue weighted by Crippen LogP contribution is 2.77. The minimum atomic E-state index is -5.16. The molecule has 0 radical (unpaired) electrons. The standard InChI is InChI=1S/C55H86O25S/c1-24(2)12-11-17-54(9)45-30(73-26(4)57)20-53(8)28-13-14-33-51(5,6)34(16-18-52(33,7)27(28)15-19-55(45,53)50(65)79-54)75-49-44(36(60)32(23-71-49)80-81(66,67)68)78-47-38(62)37(61)41(25(3)72-47)76-46-39(63)42(29(58)22-70-46)77-48-40(64)43(69-10)35(59)31(21-56)74-48/h12-13,25,27,29-49,56,58-64H,11,14-23H2,1-10H3,(H,66,67,68)/t25?,27?,29-,30+,31?,32-,33?,34+,35-,36-,37+,38?,39?,40?,41-,42-,43-,44?,45-,46+,47+,48+,49+,52-,53+,54+,55?/m1/s1. The van der Waals surface area contributed by atoms with E-state index in [0.717, 1.165) is 5.57 Å². The summed E-state index contributed by atoms with van der Waals surface area (Å²) in [5, 5.41) is 88.4. The van der Waals surface area contributed by atoms with Gasteiger partial charge in [-0.25, -0.2) is 4.18 Å². The summed E-state index contributed by atoms with van der Waals surface area (Å²) in [5.41, 5.74) is -1.02. The molecule has 5 aliphatic heterocycles. The molecule has 8 fully saturated rings. The first-order valence-electron chi connectivity index (χ1n) is 28.3. The summed E-state index contributed by atoms with van der Waals surface area (Å²) in [7, 11) is -3.95. The number of aliphatic hydroxyl groups is 8. The Morgan fingerprint density at radius 3 is 2.07 bits per heavy atom. The quantitative estimate of drug-likeness (QED) is 0.0581. The third-order valence-electron chi connectivity index (χ3n) is 20.2. The Morgan fingerprint density at radius 2 is 1.42 bits per heavy atom. The van der Waals surface area contributed by atoms with Gasteiger partial charge in [-0.3, -0.25) is 14.1 Å². The first-order valence-corrected chi connectivity index (χ1v) is 29.7. The van der Waals surface area contributed by atoms with Gasteiger partial charge in [0.25, 0.3) is 0 Å². The maximum absolute atomic E-state index is 14.7. The van der Waals surface area contributed by atoms with Gasteiger partial charge in [0.1, 0.15) is 91.1 Å². The van der Waals surface area contributed by atoms with E-state index in [1.54, 1.807) is 0 Å². The lowest BCUT2D eigenvalue weighted by Gasteiger charge is -2.64. The average Bonchev–Trinajstić information content (AvgIpc) is 2.85. The van der Waals surface area contributed by atoms with E-state index in [9.17, 15) is 63.4 Å². The summed E-state index contributed by atoms with van der Waals surface area (Å²) in [5.74, 6) is -0.962. The lowest BCUT2D eigenvalue weighted by molar-refractivity contribution is -0.382. The largest absolute Gasteiger partial charge is 0.462 e. The van der Waals surface area contributed by atoms with Gasteiger partial charge in [-0.15, -0.1) is 0 Å². The minimum absolute atomic E-state index is 0.0129. The van der Waals surface area contributed by atoms with Gasteiger partial charge in [0.05, 0.1) is 43.4 Å². The zero-order chi connectivity index (χ0) is 59.3. The Kier molecular flexibility index (Phi) is 18.2. The lowest BCUT2D eigenvalue weighted by Crippen LogP contribution is -2.65. The van der Waals surface area contributed by atoms with Crippen LogP contribution in [0.3, 0.4) is 0 Å². The van der Waals surface area contributed by atoms with Gasteiger partial charge in [0.15, 0.2) is 25.2 Å². The fourth-order valence-electron chi connectivity index (χ4n) is 16.3. The van der Waals surface area contributed by atoms with Crippen LogP contribution in [0.1, 0.15) is 114 Å². The Labute approximate surface area is 472 Å². The molecule has 1 spiro atoms. The first-order chi connectivity index (χ1) is 37.9. The van der Waals surface area contributed by atoms with Crippen LogP contribution < -0.4 is 0 Å². The van der Waals surface area contributed by atoms with Crippen molar-refractivity contribution in [3.8, 4) is 0 Å². The first kappa shape index (κ1) is 63.1. The minimum Gasteiger partial charge on any atom is -0.462 e. The molecule has 0 amide bonds. The fraction of sp³-hybridized carbons (Fsp3) is 0.891. The molecule has 9 N–H and O–H groups in total. The zero-order valence-electron chi connectivity index (χ0n) is 47.7. The van der Waals surface area contributed by atoms with Crippen LogP contribution in [0.2, 0.25) is 0 Å². The molecule has 81 heavy (non-hydrogen) atoms. The normalized spacial score (nSPS) is 49.5. The summed E-state index contributed by atoms with van der Waals surface area (Å²) in [6.45, 7) is 15.8. The number of aliphatic hydroxyl groups excluding tert-OH is 8. The van der Waals surface area contributed by atoms with Gasteiger partial charge in [0, 0.05) is 19.4 Å². The summed E-state index contributed by atoms with van der Waals surface area (Å²) >= 11 is 0. The molecule has 0 aromatic carbocycles. The summed E-state index contributed by atoms with van der Waals surface area (Å²) in [6.07, 6.45) is -20.9. The van der Waals surface area contributed by atoms with E-state index >= 15 is 0 Å². The summed E-state index contributed by atoms with van der Waals surface area (Å²) < 4.78 is 104. The third-order valence-corrected chi connectivity index (χ3v) is 20.6. The van der Waals surface area contributed by atoms with Crippen LogP contribution in [0.4, 0.5) is 0 Å². The molecular weight excluding hydrogens is 1090 g/mol. The Bertz CT molecular complexity index is 2460. The van der Waals surface area contributed by atoms with Crippen LogP contribution in [-0.4, -0.2) is 221 Å². The number of carbonyl (C=O) groups excluding carboxylic acids is 2. The van der Waals surface area contributed by atoms with Gasteiger partial charge in [-0.2, -0.15) is 8.42 Å². The van der Waals surface area contributed by atoms with Gasteiger partial charge in [0.2, 0.25) is 0 Å². The number of hydrogen-bond donors (Lipinski definition) is 9. The Balaban J connectivity index is 0.908. The highest BCUT2D eigenvalue weighted by molar-refractivity contribution is 7.80. The van der Waals surface area contributed by atoms with E-state index in [0.29, 0.717) is 51.4 Å². The van der Waals surface area contributed by atoms with Crippen LogP contribution in [0.25, 0.3) is 0 Å². The number of carbonyl (C=O) groups is 2. The number of ether oxygens (including phenoxy) is 11. The number of rotatable bonds is 16. The molecule has 9 unspecified atom stereocenters. The van der Waals surface area contributed by atoms with Gasteiger partial charge < -0.3 is 93.0 Å². The second-order valence-electron chi connectivity index (χ2n) is 25.6. The number of cyclic esters (lactones) is 1. The monoisotopic (exact) mass is 1180 g/mol. The van der Waals surface area contributed by atoms with Crippen molar-refractivity contribution in [3.05, 3.63) is 23.3 Å². The third kappa shape index (κ3) is 11.1. The smallest absolute Gasteiger partial charge is 0.397 e. The van der Waals surface area contributed by atoms with Crippen molar-refractivity contribution in [1.29, 1.82) is 0 Å². The molecule has 25 nitrogen and oxygen atoms in total. The predicted octanol–water partition coefficient (Wildman–Crippen LogP) is 0.620. The average molecular weight is 1180 g/mol. The molecular formula is C55H86O25S. The van der Waals surface area contributed by atoms with Crippen molar-refractivity contribution in [2.75, 3.05) is 26.9 Å². The molecule has 9 rings (SSSR count). The summed E-state index contributed by atoms with van der Waals surface area (Å²) in [4.78, 5) is 27.4. The number of allylic oxidation sites excluding steroid dienone is 4. The van der Waals surface area contributed by atoms with Crippen molar-refractivity contribution in [1.82, 2.24) is 0 Å². The van der Waals surface area contributed by atoms with Crippen molar-refractivity contribution >= 4 is 22.3 Å². The Hall–Kier alpha value is -2.39. The van der Waals surface area contributed by atoms with Gasteiger partial charge >= 0.3 is 22.3 Å². The second-order valence-corrected chi connectivity index (χ2v) is 26.6. The molecule has 462 valence electrons. The topological polar surface area (TPSA) is 361 Å². The van der Waals surface area contributed by atoms with Crippen molar-refractivity contribution < 1.29 is 120 Å². The van der Waals surface area contributed by atoms with Crippen molar-refractivity contribution in [2.45, 2.75) is 242 Å². The van der Waals surface area contributed by atoms with E-state index in [-0.39, 0.29) is 29.1 Å². The van der Waals surface area contributed by atoms with Gasteiger partial charge in [-0.05, 0) is 102 Å². The van der Waals surface area contributed by atoms with E-state index in [1.807, 2.05) is 20.8 Å². The second kappa shape index (κ2) is 23.4. The van der Waals surface area contributed by atoms with Crippen molar-refractivity contribution in [2.24, 2.45) is 39.4 Å². The molecule has 9 aliphatic rings. The number of esters is 2. The maximum Gasteiger partial charge on any atom is 0.397 e. The molecule has 0 aromatic heterocycles. The molecule has 5 heterocycles. The van der Waals surface area contributed by atoms with Crippen LogP contribution in [0.5, 0.6) is 0 Å².